The third kappa shape index (κ3) is 4.25. The van der Waals surface area contributed by atoms with Crippen molar-refractivity contribution in [3.05, 3.63) is 35.1 Å². The summed E-state index contributed by atoms with van der Waals surface area (Å²) in [4.78, 5) is 13.1. The lowest BCUT2D eigenvalue weighted by Gasteiger charge is -2.32. The van der Waals surface area contributed by atoms with Crippen LogP contribution in [0.3, 0.4) is 0 Å². The lowest BCUT2D eigenvalue weighted by molar-refractivity contribution is -0.00249. The van der Waals surface area contributed by atoms with E-state index < -0.39 is 11.8 Å². The summed E-state index contributed by atoms with van der Waals surface area (Å²) < 4.78 is 19.9. The van der Waals surface area contributed by atoms with Crippen molar-refractivity contribution < 1.29 is 19.0 Å². The highest BCUT2D eigenvalue weighted by molar-refractivity contribution is 5.88. The maximum absolute atomic E-state index is 14.1. The van der Waals surface area contributed by atoms with Gasteiger partial charge in [-0.25, -0.2) is 9.18 Å². The number of nitrogens with zero attached hydrogens (tertiary/aromatic N) is 1. The normalized spacial score (nSPS) is 19.6. The highest BCUT2D eigenvalue weighted by Gasteiger charge is 2.22. The Bertz CT molecular complexity index is 492. The van der Waals surface area contributed by atoms with Gasteiger partial charge in [0.2, 0.25) is 0 Å². The number of piperidine rings is 1. The van der Waals surface area contributed by atoms with Crippen molar-refractivity contribution in [3.63, 3.8) is 0 Å². The first-order valence-electron chi connectivity index (χ1n) is 7.46. The highest BCUT2D eigenvalue weighted by atomic mass is 19.1. The number of hydrogen-bond acceptors (Lipinski definition) is 3. The Kier molecular flexibility index (Phi) is 5.70. The number of aromatic carboxylic acids is 1. The van der Waals surface area contributed by atoms with Crippen LogP contribution >= 0.6 is 0 Å². The predicted octanol–water partition coefficient (Wildman–Crippen LogP) is 2.91. The molecule has 5 heteroatoms. The average Bonchev–Trinajstić information content (AvgIpc) is 2.47. The molecule has 1 aliphatic rings. The van der Waals surface area contributed by atoms with E-state index in [-0.39, 0.29) is 11.7 Å². The monoisotopic (exact) mass is 295 g/mol. The first-order valence-corrected chi connectivity index (χ1v) is 7.46. The van der Waals surface area contributed by atoms with Crippen LogP contribution in [0.4, 0.5) is 4.39 Å². The summed E-state index contributed by atoms with van der Waals surface area (Å²) in [7, 11) is 0. The lowest BCUT2D eigenvalue weighted by Crippen LogP contribution is -2.39. The van der Waals surface area contributed by atoms with Gasteiger partial charge in [-0.15, -0.1) is 0 Å². The summed E-state index contributed by atoms with van der Waals surface area (Å²) in [5, 5.41) is 8.96. The first-order chi connectivity index (χ1) is 10.1. The van der Waals surface area contributed by atoms with E-state index >= 15 is 0 Å². The van der Waals surface area contributed by atoms with E-state index in [0.29, 0.717) is 12.1 Å². The molecular weight excluding hydrogens is 273 g/mol. The summed E-state index contributed by atoms with van der Waals surface area (Å²) in [6.45, 7) is 4.92. The minimum Gasteiger partial charge on any atom is -0.478 e. The van der Waals surface area contributed by atoms with Crippen molar-refractivity contribution in [1.29, 1.82) is 0 Å². The van der Waals surface area contributed by atoms with Gasteiger partial charge in [0.1, 0.15) is 5.82 Å². The summed E-state index contributed by atoms with van der Waals surface area (Å²) in [5.41, 5.74) is 0.175. The van der Waals surface area contributed by atoms with E-state index in [1.54, 1.807) is 12.1 Å². The standard InChI is InChI=1S/C16H22FNO3/c1-2-9-21-13-6-4-8-18(11-13)10-12-5-3-7-14(15(12)17)16(19)20/h3,5,7,13H,2,4,6,8-11H2,1H3,(H,19,20). The van der Waals surface area contributed by atoms with Gasteiger partial charge in [-0.2, -0.15) is 0 Å². The number of carboxylic acids is 1. The molecule has 0 bridgehead atoms. The largest absolute Gasteiger partial charge is 0.478 e. The SMILES string of the molecule is CCCOC1CCCN(Cc2cccc(C(=O)O)c2F)C1. The molecular formula is C16H22FNO3. The molecule has 116 valence electrons. The van der Waals surface area contributed by atoms with Crippen molar-refractivity contribution >= 4 is 5.97 Å². The molecule has 0 aromatic heterocycles. The minimum atomic E-state index is -1.22. The number of likely N-dealkylation sites (tertiary alicyclic amines) is 1. The zero-order valence-electron chi connectivity index (χ0n) is 12.3. The molecule has 1 atom stereocenters. The molecule has 0 aliphatic carbocycles. The Morgan fingerprint density at radius 3 is 3.05 bits per heavy atom. The van der Waals surface area contributed by atoms with E-state index in [9.17, 15) is 9.18 Å². The zero-order valence-corrected chi connectivity index (χ0v) is 12.3. The van der Waals surface area contributed by atoms with E-state index in [0.717, 1.165) is 39.0 Å². The summed E-state index contributed by atoms with van der Waals surface area (Å²) in [6, 6.07) is 4.54. The third-order valence-electron chi connectivity index (χ3n) is 3.72. The van der Waals surface area contributed by atoms with Gasteiger partial charge in [0.15, 0.2) is 0 Å². The fourth-order valence-corrected chi connectivity index (χ4v) is 2.69. The quantitative estimate of drug-likeness (QED) is 0.876. The van der Waals surface area contributed by atoms with Gasteiger partial charge in [0.25, 0.3) is 0 Å². The molecule has 0 spiro atoms. The highest BCUT2D eigenvalue weighted by Crippen LogP contribution is 2.19. The molecule has 1 aromatic rings. The van der Waals surface area contributed by atoms with Crippen LogP contribution in [0.15, 0.2) is 18.2 Å². The number of carbonyl (C=O) groups is 1. The molecule has 1 saturated heterocycles. The van der Waals surface area contributed by atoms with Crippen LogP contribution < -0.4 is 0 Å². The van der Waals surface area contributed by atoms with Crippen molar-refractivity contribution in [2.45, 2.75) is 38.8 Å². The van der Waals surface area contributed by atoms with Gasteiger partial charge >= 0.3 is 5.97 Å². The molecule has 4 nitrogen and oxygen atoms in total. The second kappa shape index (κ2) is 7.52. The van der Waals surface area contributed by atoms with Crippen LogP contribution in [-0.4, -0.2) is 41.8 Å². The molecule has 1 aliphatic heterocycles. The predicted molar refractivity (Wildman–Crippen MR) is 77.9 cm³/mol. The van der Waals surface area contributed by atoms with Crippen molar-refractivity contribution in [2.24, 2.45) is 0 Å². The Labute approximate surface area is 124 Å². The molecule has 0 saturated carbocycles. The van der Waals surface area contributed by atoms with Gasteiger partial charge in [-0.05, 0) is 31.9 Å². The molecule has 1 unspecified atom stereocenters. The molecule has 1 heterocycles. The molecule has 0 amide bonds. The molecule has 1 aromatic carbocycles. The topological polar surface area (TPSA) is 49.8 Å². The number of carboxylic acid groups (broad SMARTS) is 1. The Morgan fingerprint density at radius 1 is 1.52 bits per heavy atom. The van der Waals surface area contributed by atoms with E-state index in [1.807, 2.05) is 0 Å². The van der Waals surface area contributed by atoms with Crippen LogP contribution in [0.25, 0.3) is 0 Å². The van der Waals surface area contributed by atoms with Gasteiger partial charge in [0.05, 0.1) is 11.7 Å². The Hall–Kier alpha value is -1.46. The Balaban J connectivity index is 2.01. The maximum atomic E-state index is 14.1. The van der Waals surface area contributed by atoms with Crippen molar-refractivity contribution in [3.8, 4) is 0 Å². The van der Waals surface area contributed by atoms with Gasteiger partial charge < -0.3 is 9.84 Å². The second-order valence-corrected chi connectivity index (χ2v) is 5.45. The third-order valence-corrected chi connectivity index (χ3v) is 3.72. The average molecular weight is 295 g/mol. The lowest BCUT2D eigenvalue weighted by atomic mass is 10.1. The van der Waals surface area contributed by atoms with Crippen LogP contribution in [0.2, 0.25) is 0 Å². The van der Waals surface area contributed by atoms with Gasteiger partial charge in [-0.3, -0.25) is 4.90 Å². The van der Waals surface area contributed by atoms with Crippen LogP contribution in [0.5, 0.6) is 0 Å². The van der Waals surface area contributed by atoms with E-state index in [2.05, 4.69) is 11.8 Å². The number of hydrogen-bond donors (Lipinski definition) is 1. The summed E-state index contributed by atoms with van der Waals surface area (Å²) >= 11 is 0. The number of benzene rings is 1. The van der Waals surface area contributed by atoms with Gasteiger partial charge in [0, 0.05) is 25.3 Å². The van der Waals surface area contributed by atoms with Crippen molar-refractivity contribution in [2.75, 3.05) is 19.7 Å². The smallest absolute Gasteiger partial charge is 0.338 e. The van der Waals surface area contributed by atoms with Crippen LogP contribution in [-0.2, 0) is 11.3 Å². The molecule has 1 N–H and O–H groups in total. The Morgan fingerprint density at radius 2 is 2.33 bits per heavy atom. The fourth-order valence-electron chi connectivity index (χ4n) is 2.69. The molecule has 0 radical (unpaired) electrons. The molecule has 1 fully saturated rings. The number of halogens is 1. The first kappa shape index (κ1) is 15.9. The number of ether oxygens (including phenoxy) is 1. The van der Waals surface area contributed by atoms with Crippen LogP contribution in [0, 0.1) is 5.82 Å². The van der Waals surface area contributed by atoms with Gasteiger partial charge in [-0.1, -0.05) is 19.1 Å². The zero-order chi connectivity index (χ0) is 15.2. The minimum absolute atomic E-state index is 0.199. The fraction of sp³-hybridized carbons (Fsp3) is 0.562. The van der Waals surface area contributed by atoms with E-state index in [4.69, 9.17) is 9.84 Å². The van der Waals surface area contributed by atoms with Crippen molar-refractivity contribution in [1.82, 2.24) is 4.90 Å². The summed E-state index contributed by atoms with van der Waals surface area (Å²) in [6.07, 6.45) is 3.25. The van der Waals surface area contributed by atoms with Crippen LogP contribution in [0.1, 0.15) is 42.1 Å². The maximum Gasteiger partial charge on any atom is 0.338 e. The molecule has 21 heavy (non-hydrogen) atoms. The number of rotatable bonds is 6. The van der Waals surface area contributed by atoms with E-state index in [1.165, 1.54) is 6.07 Å². The molecule has 2 rings (SSSR count). The second-order valence-electron chi connectivity index (χ2n) is 5.45. The summed E-state index contributed by atoms with van der Waals surface area (Å²) in [5.74, 6) is -1.85.